The minimum atomic E-state index is -0.580. The Kier molecular flexibility index (Phi) is 8.29. The summed E-state index contributed by atoms with van der Waals surface area (Å²) in [6.07, 6.45) is 1.90. The fraction of sp³-hybridized carbons (Fsp3) is 0.0149. The van der Waals surface area contributed by atoms with Gasteiger partial charge in [-0.25, -0.2) is 0 Å². The zero-order valence-electron chi connectivity index (χ0n) is 49.4. The van der Waals surface area contributed by atoms with E-state index in [2.05, 4.69) is 79.4 Å². The topological polar surface area (TPSA) is 41.8 Å². The van der Waals surface area contributed by atoms with Crippen LogP contribution in [-0.4, -0.2) is 23.3 Å². The average molecular weight is 1140 g/mol. The van der Waals surface area contributed by atoms with Gasteiger partial charge in [-0.2, -0.15) is 0 Å². The van der Waals surface area contributed by atoms with Crippen LogP contribution in [-0.2, 0) is 19.4 Å². The third kappa shape index (κ3) is 7.29. The van der Waals surface area contributed by atoms with E-state index < -0.39 is 60.4 Å². The molecule has 0 aliphatic heterocycles. The predicted octanol–water partition coefficient (Wildman–Crippen LogP) is 17.2. The molecule has 0 unspecified atom stereocenters. The SMILES string of the molecule is [2H]c1c([2H])c([2H])c(-c2cc(-n3c4ccccc4c4ccccc43)cc(-c3c([2H])c([2H])c([2H])c([2H])c3[2H])c2-n2[c](=[Pt])n(-c3cccc(Oc4ccc5c6ccccc6n(-c6ccc(-c7ccc(C)cc7)cn6)c5c4)c3)c3ccccc32)c([2H])c1[2H]. The van der Waals surface area contributed by atoms with Crippen molar-refractivity contribution in [1.29, 1.82) is 0 Å². The number of benzene rings is 10. The fourth-order valence-electron chi connectivity index (χ4n) is 10.4. The third-order valence-corrected chi connectivity index (χ3v) is 14.7. The van der Waals surface area contributed by atoms with Crippen LogP contribution in [0.15, 0.2) is 255 Å². The van der Waals surface area contributed by atoms with Gasteiger partial charge < -0.3 is 0 Å². The van der Waals surface area contributed by atoms with Crippen molar-refractivity contribution in [3.05, 3.63) is 264 Å². The number of aryl methyl sites for hydroxylation is 1. The van der Waals surface area contributed by atoms with Gasteiger partial charge in [0.15, 0.2) is 0 Å². The molecule has 74 heavy (non-hydrogen) atoms. The monoisotopic (exact) mass is 1140 g/mol. The summed E-state index contributed by atoms with van der Waals surface area (Å²) < 4.78 is 107. The van der Waals surface area contributed by atoms with Gasteiger partial charge in [0, 0.05) is 11.8 Å². The van der Waals surface area contributed by atoms with Crippen LogP contribution < -0.4 is 4.74 Å². The van der Waals surface area contributed by atoms with Crippen LogP contribution in [0.2, 0.25) is 0 Å². The minimum absolute atomic E-state index is 0.144. The van der Waals surface area contributed by atoms with Crippen LogP contribution in [0.4, 0.5) is 0 Å². The zero-order valence-corrected chi connectivity index (χ0v) is 41.7. The molecule has 14 rings (SSSR count). The van der Waals surface area contributed by atoms with E-state index >= 15 is 0 Å². The molecule has 0 atom stereocenters. The maximum absolute atomic E-state index is 9.57. The summed E-state index contributed by atoms with van der Waals surface area (Å²) >= 11 is 2.20. The van der Waals surface area contributed by atoms with Crippen molar-refractivity contribution in [3.8, 4) is 67.8 Å². The summed E-state index contributed by atoms with van der Waals surface area (Å²) in [6, 6.07) is 55.9. The Hall–Kier alpha value is -9.09. The van der Waals surface area contributed by atoms with E-state index in [9.17, 15) is 5.48 Å². The van der Waals surface area contributed by atoms with Gasteiger partial charge >= 0.3 is 382 Å². The summed E-state index contributed by atoms with van der Waals surface area (Å²) in [5.41, 5.74) is 9.41. The molecule has 354 valence electrons. The van der Waals surface area contributed by atoms with E-state index in [4.69, 9.17) is 17.9 Å². The molecule has 0 saturated heterocycles. The van der Waals surface area contributed by atoms with Crippen molar-refractivity contribution in [2.45, 2.75) is 6.92 Å². The molecule has 0 radical (unpaired) electrons. The first-order valence-electron chi connectivity index (χ1n) is 29.0. The number of pyridine rings is 1. The molecule has 0 saturated carbocycles. The first kappa shape index (κ1) is 34.3. The van der Waals surface area contributed by atoms with Crippen LogP contribution in [0.25, 0.3) is 111 Å². The van der Waals surface area contributed by atoms with Crippen LogP contribution in [0, 0.1) is 10.7 Å². The maximum atomic E-state index is 9.57. The van der Waals surface area contributed by atoms with Gasteiger partial charge in [0.2, 0.25) is 0 Å². The van der Waals surface area contributed by atoms with Gasteiger partial charge in [-0.3, -0.25) is 0 Å². The zero-order chi connectivity index (χ0) is 58.0. The molecule has 4 heterocycles. The fourth-order valence-corrected chi connectivity index (χ4v) is 11.5. The molecule has 10 aromatic carbocycles. The van der Waals surface area contributed by atoms with Gasteiger partial charge in [-0.1, -0.05) is 42.0 Å². The second kappa shape index (κ2) is 17.9. The summed E-state index contributed by atoms with van der Waals surface area (Å²) in [6.45, 7) is 2.07. The van der Waals surface area contributed by atoms with Crippen molar-refractivity contribution in [3.63, 3.8) is 0 Å². The second-order valence-electron chi connectivity index (χ2n) is 18.1. The van der Waals surface area contributed by atoms with Crippen molar-refractivity contribution in [2.24, 2.45) is 0 Å². The van der Waals surface area contributed by atoms with Crippen LogP contribution in [0.3, 0.4) is 0 Å². The Morgan fingerprint density at radius 2 is 0.932 bits per heavy atom. The normalized spacial score (nSPS) is 13.6. The number of nitrogens with zero attached hydrogens (tertiary/aromatic N) is 5. The summed E-state index contributed by atoms with van der Waals surface area (Å²) in [7, 11) is 0. The number of rotatable bonds is 9. The Balaban J connectivity index is 0.986. The van der Waals surface area contributed by atoms with Crippen LogP contribution in [0.5, 0.6) is 11.5 Å². The van der Waals surface area contributed by atoms with E-state index in [0.717, 1.165) is 60.6 Å². The van der Waals surface area contributed by atoms with E-state index in [1.165, 1.54) is 5.56 Å². The number of imidazole rings is 1. The summed E-state index contributed by atoms with van der Waals surface area (Å²) in [5, 5.41) is 3.94. The van der Waals surface area contributed by atoms with Gasteiger partial charge in [0.05, 0.1) is 0 Å². The van der Waals surface area contributed by atoms with Crippen LogP contribution in [0.1, 0.15) is 19.3 Å². The van der Waals surface area contributed by atoms with Crippen molar-refractivity contribution >= 4 is 54.6 Å². The Morgan fingerprint density at radius 3 is 1.53 bits per heavy atom. The molecular weight excluding hydrogens is 1090 g/mol. The second-order valence-corrected chi connectivity index (χ2v) is 19.1. The Labute approximate surface area is 452 Å². The molecule has 6 nitrogen and oxygen atoms in total. The first-order chi connectivity index (χ1) is 40.7. The Bertz CT molecular complexity index is 4960. The Morgan fingerprint density at radius 1 is 0.405 bits per heavy atom. The van der Waals surface area contributed by atoms with E-state index in [0.29, 0.717) is 37.7 Å². The molecule has 0 aliphatic carbocycles. The number of para-hydroxylation sites is 5. The molecule has 0 bridgehead atoms. The van der Waals surface area contributed by atoms with Crippen LogP contribution >= 0.6 is 0 Å². The number of fused-ring (bicyclic) bond motifs is 7. The molecule has 0 N–H and O–H groups in total. The first-order valence-corrected chi connectivity index (χ1v) is 25.2. The molecule has 7 heteroatoms. The third-order valence-electron chi connectivity index (χ3n) is 13.7. The summed E-state index contributed by atoms with van der Waals surface area (Å²) in [4.78, 5) is 4.99. The molecule has 0 aliphatic rings. The average Bonchev–Trinajstić information content (AvgIpc) is 4.38. The molecular formula is C67H45N5OPt. The van der Waals surface area contributed by atoms with E-state index in [-0.39, 0.29) is 27.9 Å². The number of ether oxygens (including phenoxy) is 1. The van der Waals surface area contributed by atoms with E-state index in [1.54, 1.807) is 12.1 Å². The van der Waals surface area contributed by atoms with Crippen molar-refractivity contribution in [2.75, 3.05) is 0 Å². The van der Waals surface area contributed by atoms with Crippen molar-refractivity contribution in [1.82, 2.24) is 23.3 Å². The quantitative estimate of drug-likeness (QED) is 0.145. The van der Waals surface area contributed by atoms with Gasteiger partial charge in [0.1, 0.15) is 0 Å². The standard InChI is InChI=1S/C67H45N5O.Pt/c1-45-31-33-46(34-32-45)49-35-38-66(68-43-49)72-62-28-13-10-25-56(62)57-37-36-53(42-65(57)72)73-52-22-16-21-50(39-52)69-44-70(64-30-15-14-29-63(64)69)67-58(47-17-4-2-5-18-47)40-51(41-59(67)48-19-6-3-7-20-48)71-60-26-11-8-23-54(60)55-24-9-12-27-61(55)71;/h2-43H,1H3;/i2D,3D,4D,5D,6D,7D,17D,18D,19D,20D;. The molecule has 14 aromatic rings. The number of hydrogen-bond donors (Lipinski definition) is 0. The predicted molar refractivity (Wildman–Crippen MR) is 300 cm³/mol. The number of hydrogen-bond acceptors (Lipinski definition) is 2. The molecule has 4 aromatic heterocycles. The molecule has 0 fully saturated rings. The molecule has 0 amide bonds. The van der Waals surface area contributed by atoms with Gasteiger partial charge in [-0.15, -0.1) is 0 Å². The van der Waals surface area contributed by atoms with Gasteiger partial charge in [0.25, 0.3) is 0 Å². The molecule has 0 spiro atoms. The number of aromatic nitrogens is 5. The van der Waals surface area contributed by atoms with Crippen molar-refractivity contribution < 1.29 is 37.8 Å². The summed E-state index contributed by atoms with van der Waals surface area (Å²) in [5.74, 6) is 1.85. The van der Waals surface area contributed by atoms with E-state index in [1.807, 2.05) is 147 Å². The van der Waals surface area contributed by atoms with Gasteiger partial charge in [-0.05, 0) is 18.6 Å².